The maximum Gasteiger partial charge on any atom is 0.213 e. The average molecular weight is 516 g/mol. The van der Waals surface area contributed by atoms with E-state index in [0.717, 1.165) is 42.9 Å². The molecule has 0 spiro atoms. The van der Waals surface area contributed by atoms with Gasteiger partial charge in [-0.3, -0.25) is 4.99 Å². The van der Waals surface area contributed by atoms with Crippen molar-refractivity contribution in [3.63, 3.8) is 0 Å². The lowest BCUT2D eigenvalue weighted by Crippen LogP contribution is -2.37. The zero-order valence-electron chi connectivity index (χ0n) is 16.0. The second-order valence-electron chi connectivity index (χ2n) is 6.62. The molecule has 3 rings (SSSR count). The Balaban J connectivity index is 0.00000280. The predicted molar refractivity (Wildman–Crippen MR) is 124 cm³/mol. The Morgan fingerprint density at radius 1 is 1.11 bits per heavy atom. The maximum atomic E-state index is 5.90. The number of nitrogens with one attached hydrogen (secondary N) is 2. The Kier molecular flexibility index (Phi) is 9.77. The first-order valence-electron chi connectivity index (χ1n) is 9.39. The van der Waals surface area contributed by atoms with Crippen LogP contribution in [0.25, 0.3) is 0 Å². The van der Waals surface area contributed by atoms with Gasteiger partial charge in [-0.1, -0.05) is 23.7 Å². The molecule has 1 saturated carbocycles. The Bertz CT molecular complexity index is 733. The molecule has 2 N–H and O–H groups in total. The van der Waals surface area contributed by atoms with Crippen molar-refractivity contribution in [3.05, 3.63) is 52.9 Å². The Hall–Kier alpha value is -1.61. The van der Waals surface area contributed by atoms with E-state index in [9.17, 15) is 0 Å². The van der Waals surface area contributed by atoms with Crippen LogP contribution in [0.1, 0.15) is 36.8 Å². The van der Waals surface area contributed by atoms with Crippen LogP contribution in [0, 0.1) is 0 Å². The highest BCUT2D eigenvalue weighted by atomic mass is 127. The molecule has 1 fully saturated rings. The molecule has 6 nitrogen and oxygen atoms in total. The maximum absolute atomic E-state index is 5.90. The molecule has 0 radical (unpaired) electrons. The third kappa shape index (κ3) is 7.43. The van der Waals surface area contributed by atoms with Gasteiger partial charge in [-0.2, -0.15) is 0 Å². The van der Waals surface area contributed by atoms with Crippen LogP contribution in [0.15, 0.2) is 41.7 Å². The normalized spacial score (nSPS) is 14.4. The minimum Gasteiger partial charge on any atom is -0.474 e. The van der Waals surface area contributed by atoms with E-state index in [1.165, 1.54) is 12.8 Å². The van der Waals surface area contributed by atoms with Crippen molar-refractivity contribution in [3.8, 4) is 5.88 Å². The van der Waals surface area contributed by atoms with Crippen LogP contribution < -0.4 is 15.4 Å². The summed E-state index contributed by atoms with van der Waals surface area (Å²) in [6.45, 7) is 1.41. The number of guanidine groups is 1. The van der Waals surface area contributed by atoms with Gasteiger partial charge in [-0.05, 0) is 49.3 Å². The fourth-order valence-electron chi connectivity index (χ4n) is 3.05. The smallest absolute Gasteiger partial charge is 0.213 e. The van der Waals surface area contributed by atoms with Crippen LogP contribution in [-0.2, 0) is 13.0 Å². The third-order valence-corrected chi connectivity index (χ3v) is 4.79. The summed E-state index contributed by atoms with van der Waals surface area (Å²) in [6, 6.07) is 7.77. The number of aromatic nitrogens is 2. The average Bonchev–Trinajstić information content (AvgIpc) is 3.20. The molecular formula is C20H27ClIN5O. The van der Waals surface area contributed by atoms with E-state index >= 15 is 0 Å². The molecule has 0 amide bonds. The molecule has 0 saturated heterocycles. The van der Waals surface area contributed by atoms with E-state index in [-0.39, 0.29) is 24.0 Å². The monoisotopic (exact) mass is 515 g/mol. The standard InChI is InChI=1S/C20H26ClN5O.HI/c1-22-20(23-11-10-15-6-8-18(21)24-12-15)26-14-16-7-9-19(25-13-16)27-17-4-2-3-5-17;/h6-9,12-13,17H,2-5,10-11,14H2,1H3,(H2,22,23,26);1H. The van der Waals surface area contributed by atoms with Crippen LogP contribution in [0.2, 0.25) is 5.15 Å². The van der Waals surface area contributed by atoms with Gasteiger partial charge in [0.15, 0.2) is 5.96 Å². The van der Waals surface area contributed by atoms with E-state index in [1.54, 1.807) is 19.3 Å². The summed E-state index contributed by atoms with van der Waals surface area (Å²) >= 11 is 5.80. The molecule has 0 unspecified atom stereocenters. The minimum atomic E-state index is 0. The van der Waals surface area contributed by atoms with Crippen molar-refractivity contribution in [1.29, 1.82) is 0 Å². The quantitative estimate of drug-likeness (QED) is 0.253. The number of hydrogen-bond donors (Lipinski definition) is 2. The van der Waals surface area contributed by atoms with Crippen molar-refractivity contribution >= 4 is 41.5 Å². The van der Waals surface area contributed by atoms with Crippen LogP contribution >= 0.6 is 35.6 Å². The molecule has 152 valence electrons. The molecule has 2 aromatic heterocycles. The summed E-state index contributed by atoms with van der Waals surface area (Å²) in [5.41, 5.74) is 2.21. The van der Waals surface area contributed by atoms with Gasteiger partial charge in [0, 0.05) is 38.6 Å². The second-order valence-corrected chi connectivity index (χ2v) is 7.01. The molecule has 2 heterocycles. The summed E-state index contributed by atoms with van der Waals surface area (Å²) < 4.78 is 5.90. The number of hydrogen-bond acceptors (Lipinski definition) is 4. The van der Waals surface area contributed by atoms with E-state index < -0.39 is 0 Å². The molecule has 8 heteroatoms. The molecule has 1 aliphatic rings. The Morgan fingerprint density at radius 2 is 1.86 bits per heavy atom. The lowest BCUT2D eigenvalue weighted by Gasteiger charge is -2.13. The van der Waals surface area contributed by atoms with Crippen LogP contribution in [-0.4, -0.2) is 35.6 Å². The molecule has 0 aromatic carbocycles. The van der Waals surface area contributed by atoms with Gasteiger partial charge in [0.1, 0.15) is 11.3 Å². The van der Waals surface area contributed by atoms with Gasteiger partial charge in [0.25, 0.3) is 0 Å². The minimum absolute atomic E-state index is 0. The molecule has 1 aliphatic carbocycles. The SMILES string of the molecule is CN=C(NCCc1ccc(Cl)nc1)NCc1ccc(OC2CCCC2)nc1.I. The summed E-state index contributed by atoms with van der Waals surface area (Å²) in [5.74, 6) is 1.47. The highest BCUT2D eigenvalue weighted by molar-refractivity contribution is 14.0. The van der Waals surface area contributed by atoms with Crippen molar-refractivity contribution in [2.45, 2.75) is 44.8 Å². The molecule has 28 heavy (non-hydrogen) atoms. The molecule has 0 aliphatic heterocycles. The molecule has 0 bridgehead atoms. The van der Waals surface area contributed by atoms with Crippen LogP contribution in [0.4, 0.5) is 0 Å². The van der Waals surface area contributed by atoms with Gasteiger partial charge in [-0.15, -0.1) is 24.0 Å². The van der Waals surface area contributed by atoms with Gasteiger partial charge >= 0.3 is 0 Å². The molecule has 0 atom stereocenters. The van der Waals surface area contributed by atoms with E-state index in [2.05, 4.69) is 25.6 Å². The van der Waals surface area contributed by atoms with Crippen molar-refractivity contribution in [1.82, 2.24) is 20.6 Å². The number of pyridine rings is 2. The number of halogens is 2. The first-order valence-corrected chi connectivity index (χ1v) is 9.77. The van der Waals surface area contributed by atoms with Gasteiger partial charge in [0.05, 0.1) is 0 Å². The zero-order chi connectivity index (χ0) is 18.9. The number of aliphatic imine (C=N–C) groups is 1. The molecule has 2 aromatic rings. The second kappa shape index (κ2) is 12.1. The lowest BCUT2D eigenvalue weighted by atomic mass is 10.2. The number of ether oxygens (including phenoxy) is 1. The zero-order valence-corrected chi connectivity index (χ0v) is 19.1. The summed E-state index contributed by atoms with van der Waals surface area (Å²) in [7, 11) is 1.76. The first kappa shape index (κ1) is 22.7. The predicted octanol–water partition coefficient (Wildman–Crippen LogP) is 3.98. The van der Waals surface area contributed by atoms with Crippen LogP contribution in [0.3, 0.4) is 0 Å². The fraction of sp³-hybridized carbons (Fsp3) is 0.450. The van der Waals surface area contributed by atoms with Crippen molar-refractivity contribution < 1.29 is 4.74 Å². The summed E-state index contributed by atoms with van der Waals surface area (Å²) in [5, 5.41) is 7.10. The van der Waals surface area contributed by atoms with E-state index in [0.29, 0.717) is 23.7 Å². The molecular weight excluding hydrogens is 489 g/mol. The van der Waals surface area contributed by atoms with E-state index in [4.69, 9.17) is 16.3 Å². The van der Waals surface area contributed by atoms with E-state index in [1.807, 2.05) is 24.4 Å². The summed E-state index contributed by atoms with van der Waals surface area (Å²) in [4.78, 5) is 12.7. The number of nitrogens with zero attached hydrogens (tertiary/aromatic N) is 3. The highest BCUT2D eigenvalue weighted by Crippen LogP contribution is 2.22. The first-order chi connectivity index (χ1) is 13.2. The third-order valence-electron chi connectivity index (χ3n) is 4.57. The highest BCUT2D eigenvalue weighted by Gasteiger charge is 2.16. The lowest BCUT2D eigenvalue weighted by molar-refractivity contribution is 0.201. The Morgan fingerprint density at radius 3 is 2.50 bits per heavy atom. The van der Waals surface area contributed by atoms with Crippen LogP contribution in [0.5, 0.6) is 5.88 Å². The van der Waals surface area contributed by atoms with Crippen molar-refractivity contribution in [2.75, 3.05) is 13.6 Å². The van der Waals surface area contributed by atoms with Gasteiger partial charge < -0.3 is 15.4 Å². The fourth-order valence-corrected chi connectivity index (χ4v) is 3.16. The van der Waals surface area contributed by atoms with Gasteiger partial charge in [0.2, 0.25) is 5.88 Å². The number of rotatable bonds is 7. The topological polar surface area (TPSA) is 71.4 Å². The van der Waals surface area contributed by atoms with Crippen molar-refractivity contribution in [2.24, 2.45) is 4.99 Å². The van der Waals surface area contributed by atoms with Gasteiger partial charge in [-0.25, -0.2) is 9.97 Å². The Labute approximate surface area is 188 Å². The largest absolute Gasteiger partial charge is 0.474 e. The summed E-state index contributed by atoms with van der Waals surface area (Å²) in [6.07, 6.45) is 9.61.